The fourth-order valence-corrected chi connectivity index (χ4v) is 3.25. The van der Waals surface area contributed by atoms with E-state index in [9.17, 15) is 8.42 Å². The highest BCUT2D eigenvalue weighted by Crippen LogP contribution is 2.23. The van der Waals surface area contributed by atoms with Gasteiger partial charge in [0.15, 0.2) is 0 Å². The minimum Gasteiger partial charge on any atom is -0.278 e. The Bertz CT molecular complexity index is 654. The van der Waals surface area contributed by atoms with Crippen LogP contribution in [0.1, 0.15) is 0 Å². The van der Waals surface area contributed by atoms with Gasteiger partial charge in [-0.3, -0.25) is 4.40 Å². The van der Waals surface area contributed by atoms with Gasteiger partial charge in [-0.1, -0.05) is 17.7 Å². The van der Waals surface area contributed by atoms with Crippen LogP contribution >= 0.6 is 23.4 Å². The van der Waals surface area contributed by atoms with E-state index in [0.29, 0.717) is 17.5 Å². The Balaban J connectivity index is 2.06. The van der Waals surface area contributed by atoms with E-state index in [2.05, 4.69) is 9.71 Å². The highest BCUT2D eigenvalue weighted by molar-refractivity contribution is 7.99. The highest BCUT2D eigenvalue weighted by atomic mass is 35.5. The van der Waals surface area contributed by atoms with Crippen LogP contribution in [-0.2, 0) is 10.0 Å². The lowest BCUT2D eigenvalue weighted by atomic mass is 10.5. The van der Waals surface area contributed by atoms with Gasteiger partial charge in [-0.2, -0.15) is 0 Å². The molecular weight excluding hydrogens is 294 g/mol. The van der Waals surface area contributed by atoms with Crippen LogP contribution in [0.15, 0.2) is 29.4 Å². The molecule has 0 atom stereocenters. The van der Waals surface area contributed by atoms with Crippen LogP contribution in [0.2, 0.25) is 5.15 Å². The Morgan fingerprint density at radius 3 is 3.00 bits per heavy atom. The van der Waals surface area contributed by atoms with Gasteiger partial charge in [0.05, 0.1) is 17.5 Å². The van der Waals surface area contributed by atoms with Crippen molar-refractivity contribution in [3.8, 4) is 0 Å². The van der Waals surface area contributed by atoms with E-state index >= 15 is 0 Å². The van der Waals surface area contributed by atoms with E-state index < -0.39 is 10.0 Å². The largest absolute Gasteiger partial charge is 0.278 e. The molecule has 2 aromatic heterocycles. The number of pyridine rings is 1. The highest BCUT2D eigenvalue weighted by Gasteiger charge is 2.06. The van der Waals surface area contributed by atoms with Crippen molar-refractivity contribution in [1.82, 2.24) is 14.1 Å². The minimum absolute atomic E-state index is 0.381. The van der Waals surface area contributed by atoms with E-state index in [1.54, 1.807) is 6.20 Å². The molecule has 0 aliphatic heterocycles. The van der Waals surface area contributed by atoms with Gasteiger partial charge in [0, 0.05) is 12.3 Å². The van der Waals surface area contributed by atoms with E-state index in [-0.39, 0.29) is 0 Å². The van der Waals surface area contributed by atoms with Gasteiger partial charge in [0.25, 0.3) is 0 Å². The van der Waals surface area contributed by atoms with E-state index in [1.807, 2.05) is 22.6 Å². The average molecular weight is 306 g/mol. The molecule has 0 unspecified atom stereocenters. The van der Waals surface area contributed by atoms with Crippen molar-refractivity contribution in [3.05, 3.63) is 29.5 Å². The molecule has 8 heteroatoms. The summed E-state index contributed by atoms with van der Waals surface area (Å²) in [5.74, 6) is 0.626. The molecule has 0 aliphatic carbocycles. The Labute approximate surface area is 115 Å². The lowest BCUT2D eigenvalue weighted by molar-refractivity contribution is 0.590. The number of fused-ring (bicyclic) bond motifs is 1. The predicted octanol–water partition coefficient (Wildman–Crippen LogP) is 1.63. The van der Waals surface area contributed by atoms with E-state index in [0.717, 1.165) is 16.9 Å². The molecule has 18 heavy (non-hydrogen) atoms. The molecule has 0 aliphatic rings. The van der Waals surface area contributed by atoms with Gasteiger partial charge < -0.3 is 0 Å². The third-order valence-corrected chi connectivity index (χ3v) is 4.18. The molecule has 0 saturated carbocycles. The molecule has 0 spiro atoms. The molecule has 2 aromatic rings. The molecular formula is C10H12ClN3O2S2. The molecule has 2 heterocycles. The molecule has 0 aromatic carbocycles. The summed E-state index contributed by atoms with van der Waals surface area (Å²) in [6, 6.07) is 5.68. The first-order chi connectivity index (χ1) is 8.47. The van der Waals surface area contributed by atoms with Crippen molar-refractivity contribution in [3.63, 3.8) is 0 Å². The lowest BCUT2D eigenvalue weighted by Crippen LogP contribution is -2.24. The Morgan fingerprint density at radius 1 is 1.50 bits per heavy atom. The first kappa shape index (κ1) is 13.7. The second-order valence-electron chi connectivity index (χ2n) is 3.65. The summed E-state index contributed by atoms with van der Waals surface area (Å²) in [6.45, 7) is 0.381. The normalized spacial score (nSPS) is 12.1. The number of thioether (sulfide) groups is 1. The number of aromatic nitrogens is 2. The summed E-state index contributed by atoms with van der Waals surface area (Å²) < 4.78 is 26.1. The molecule has 98 valence electrons. The molecule has 0 saturated heterocycles. The maximum Gasteiger partial charge on any atom is 0.208 e. The fraction of sp³-hybridized carbons (Fsp3) is 0.300. The van der Waals surface area contributed by atoms with Crippen molar-refractivity contribution in [2.75, 3.05) is 18.6 Å². The number of hydrogen-bond acceptors (Lipinski definition) is 4. The monoisotopic (exact) mass is 305 g/mol. The molecule has 0 radical (unpaired) electrons. The molecule has 0 bridgehead atoms. The number of nitrogens with zero attached hydrogens (tertiary/aromatic N) is 2. The van der Waals surface area contributed by atoms with Gasteiger partial charge in [-0.25, -0.2) is 18.1 Å². The first-order valence-corrected chi connectivity index (χ1v) is 8.42. The number of nitrogens with one attached hydrogen (secondary N) is 1. The van der Waals surface area contributed by atoms with Gasteiger partial charge in [0.1, 0.15) is 10.8 Å². The number of imidazole rings is 1. The number of halogens is 1. The SMILES string of the molecule is CS(=O)(=O)NCCSc1cccc2ncc(Cl)n12. The summed E-state index contributed by atoms with van der Waals surface area (Å²) in [5.41, 5.74) is 0.779. The zero-order valence-corrected chi connectivity index (χ0v) is 12.0. The summed E-state index contributed by atoms with van der Waals surface area (Å²) >= 11 is 7.56. The third-order valence-electron chi connectivity index (χ3n) is 2.17. The van der Waals surface area contributed by atoms with Crippen LogP contribution < -0.4 is 4.72 Å². The van der Waals surface area contributed by atoms with Gasteiger partial charge >= 0.3 is 0 Å². The van der Waals surface area contributed by atoms with Crippen LogP contribution in [-0.4, -0.2) is 36.4 Å². The van der Waals surface area contributed by atoms with Crippen LogP contribution in [0.3, 0.4) is 0 Å². The van der Waals surface area contributed by atoms with Gasteiger partial charge in [0.2, 0.25) is 10.0 Å². The summed E-state index contributed by atoms with van der Waals surface area (Å²) in [5, 5.41) is 1.48. The Hall–Kier alpha value is -0.760. The van der Waals surface area contributed by atoms with Gasteiger partial charge in [-0.05, 0) is 12.1 Å². The number of sulfonamides is 1. The summed E-state index contributed by atoms with van der Waals surface area (Å²) in [6.07, 6.45) is 2.74. The standard InChI is InChI=1S/C10H12ClN3O2S2/c1-18(15,16)13-5-6-17-10-4-2-3-9-12-7-8(11)14(9)10/h2-4,7,13H,5-6H2,1H3. The first-order valence-electron chi connectivity index (χ1n) is 5.17. The second kappa shape index (κ2) is 5.48. The topological polar surface area (TPSA) is 63.5 Å². The Kier molecular flexibility index (Phi) is 4.16. The molecule has 0 amide bonds. The quantitative estimate of drug-likeness (QED) is 0.673. The summed E-state index contributed by atoms with van der Waals surface area (Å²) in [4.78, 5) is 4.15. The van der Waals surface area contributed by atoms with Crippen LogP contribution in [0.4, 0.5) is 0 Å². The zero-order chi connectivity index (χ0) is 13.2. The Morgan fingerprint density at radius 2 is 2.28 bits per heavy atom. The van der Waals surface area contributed by atoms with Crippen molar-refractivity contribution < 1.29 is 8.42 Å². The third kappa shape index (κ3) is 3.38. The number of hydrogen-bond donors (Lipinski definition) is 1. The lowest BCUT2D eigenvalue weighted by Gasteiger charge is -2.06. The van der Waals surface area contributed by atoms with Crippen LogP contribution in [0.5, 0.6) is 0 Å². The molecule has 1 N–H and O–H groups in total. The molecule has 0 fully saturated rings. The second-order valence-corrected chi connectivity index (χ2v) is 6.99. The van der Waals surface area contributed by atoms with Crippen molar-refractivity contribution in [2.24, 2.45) is 0 Å². The minimum atomic E-state index is -3.13. The van der Waals surface area contributed by atoms with Crippen molar-refractivity contribution >= 4 is 39.0 Å². The predicted molar refractivity (Wildman–Crippen MR) is 73.8 cm³/mol. The smallest absolute Gasteiger partial charge is 0.208 e. The van der Waals surface area contributed by atoms with Crippen molar-refractivity contribution in [1.29, 1.82) is 0 Å². The van der Waals surface area contributed by atoms with E-state index in [4.69, 9.17) is 11.6 Å². The zero-order valence-electron chi connectivity index (χ0n) is 9.63. The van der Waals surface area contributed by atoms with E-state index in [1.165, 1.54) is 11.8 Å². The fourth-order valence-electron chi connectivity index (χ4n) is 1.47. The summed E-state index contributed by atoms with van der Waals surface area (Å²) in [7, 11) is -3.13. The maximum atomic E-state index is 10.9. The van der Waals surface area contributed by atoms with Crippen LogP contribution in [0, 0.1) is 0 Å². The number of rotatable bonds is 5. The maximum absolute atomic E-state index is 10.9. The molecule has 5 nitrogen and oxygen atoms in total. The van der Waals surface area contributed by atoms with Crippen LogP contribution in [0.25, 0.3) is 5.65 Å². The average Bonchev–Trinajstić information content (AvgIpc) is 2.66. The molecule has 2 rings (SSSR count). The van der Waals surface area contributed by atoms with Gasteiger partial charge in [-0.15, -0.1) is 11.8 Å². The van der Waals surface area contributed by atoms with Crippen molar-refractivity contribution in [2.45, 2.75) is 5.03 Å².